The molecule has 0 atom stereocenters. The number of carboxylic acids is 6. The number of ether oxygens (including phenoxy) is 1. The summed E-state index contributed by atoms with van der Waals surface area (Å²) in [5.41, 5.74) is 2.94. The number of quaternary nitrogens is 3. The van der Waals surface area contributed by atoms with Gasteiger partial charge in [0.15, 0.2) is 35.9 Å². The average molecular weight is 690 g/mol. The van der Waals surface area contributed by atoms with E-state index in [0.717, 1.165) is 59.2 Å². The molecule has 0 unspecified atom stereocenters. The van der Waals surface area contributed by atoms with Crippen LogP contribution in [0.3, 0.4) is 0 Å². The first-order chi connectivity index (χ1) is 23.0. The Kier molecular flexibility index (Phi) is 16.8. The van der Waals surface area contributed by atoms with Crippen molar-refractivity contribution in [2.24, 2.45) is 0 Å². The molecule has 49 heavy (non-hydrogen) atoms. The van der Waals surface area contributed by atoms with Crippen molar-refractivity contribution in [2.45, 2.75) is 0 Å². The van der Waals surface area contributed by atoms with E-state index in [-0.39, 0.29) is 5.91 Å². The van der Waals surface area contributed by atoms with Crippen molar-refractivity contribution in [2.75, 3.05) is 59.2 Å². The van der Waals surface area contributed by atoms with Crippen molar-refractivity contribution in [1.82, 2.24) is 4.98 Å². The summed E-state index contributed by atoms with van der Waals surface area (Å²) in [7, 11) is 5.79. The molecule has 0 spiro atoms. The third-order valence-corrected chi connectivity index (χ3v) is 6.49. The summed E-state index contributed by atoms with van der Waals surface area (Å²) >= 11 is 0. The average Bonchev–Trinajstić information content (AvgIpc) is 3.05. The summed E-state index contributed by atoms with van der Waals surface area (Å²) in [6.45, 7) is 4.33. The molecule has 1 amide bonds. The Balaban J connectivity index is 0.000000548. The summed E-state index contributed by atoms with van der Waals surface area (Å²) in [4.78, 5) is 75.5. The van der Waals surface area contributed by atoms with Crippen molar-refractivity contribution >= 4 is 69.8 Å². The number of carboxylic acid groups (broad SMARTS) is 6. The van der Waals surface area contributed by atoms with E-state index in [2.05, 4.69) is 17.4 Å². The molecular weight excluding hydrogens is 654 g/mol. The number of benzene rings is 2. The molecule has 7 N–H and O–H groups in total. The van der Waals surface area contributed by atoms with E-state index in [9.17, 15) is 4.79 Å². The van der Waals surface area contributed by atoms with Crippen LogP contribution in [-0.4, -0.2) is 116 Å². The van der Waals surface area contributed by atoms with Crippen LogP contribution in [0.15, 0.2) is 54.6 Å². The van der Waals surface area contributed by atoms with Gasteiger partial charge in [-0.25, -0.2) is 14.4 Å². The molecule has 2 aromatic carbocycles. The third kappa shape index (κ3) is 14.4. The molecule has 0 radical (unpaired) electrons. The highest BCUT2D eigenvalue weighted by atomic mass is 16.5. The van der Waals surface area contributed by atoms with E-state index in [0.29, 0.717) is 6.54 Å². The summed E-state index contributed by atoms with van der Waals surface area (Å²) in [5.74, 6) is -10.1. The molecule has 1 aliphatic rings. The molecule has 19 heteroatoms. The number of aromatic nitrogens is 1. The van der Waals surface area contributed by atoms with Gasteiger partial charge >= 0.3 is 17.9 Å². The fourth-order valence-corrected chi connectivity index (χ4v) is 4.24. The Bertz CT molecular complexity index is 1560. The number of fused-ring (bicyclic) bond motifs is 1. The number of carbonyl (C=O) groups excluding carboxylic acids is 4. The van der Waals surface area contributed by atoms with Gasteiger partial charge in [-0.05, 0) is 12.1 Å². The van der Waals surface area contributed by atoms with Gasteiger partial charge in [0.1, 0.15) is 26.2 Å². The van der Waals surface area contributed by atoms with Gasteiger partial charge in [-0.3, -0.25) is 14.6 Å². The monoisotopic (exact) mass is 689 g/mol. The molecule has 19 nitrogen and oxygen atoms in total. The maximum atomic E-state index is 12.9. The van der Waals surface area contributed by atoms with Crippen LogP contribution in [0.4, 0.5) is 17.2 Å². The Morgan fingerprint density at radius 2 is 1.27 bits per heavy atom. The number of rotatable bonds is 6. The molecule has 0 saturated carbocycles. The number of nitrogens with one attached hydrogen (secondary N) is 4. The molecule has 1 saturated heterocycles. The largest absolute Gasteiger partial charge is 0.539 e. The number of piperazine rings is 1. The van der Waals surface area contributed by atoms with Gasteiger partial charge in [-0.2, -0.15) is 4.98 Å². The fourth-order valence-electron chi connectivity index (χ4n) is 4.24. The van der Waals surface area contributed by atoms with Crippen LogP contribution in [0, 0.1) is 0 Å². The number of amides is 1. The number of methoxy groups -OCH3 is 1. The van der Waals surface area contributed by atoms with Crippen LogP contribution in [0.2, 0.25) is 0 Å². The van der Waals surface area contributed by atoms with Gasteiger partial charge in [-0.15, -0.1) is 0 Å². The first-order valence-corrected chi connectivity index (χ1v) is 14.1. The van der Waals surface area contributed by atoms with Crippen molar-refractivity contribution < 1.29 is 83.6 Å². The molecule has 264 valence electrons. The van der Waals surface area contributed by atoms with E-state index < -0.39 is 35.8 Å². The number of anilines is 1. The predicted molar refractivity (Wildman–Crippen MR) is 160 cm³/mol. The third-order valence-electron chi connectivity index (χ3n) is 6.49. The number of hydrogen-bond acceptors (Lipinski definition) is 12. The summed E-state index contributed by atoms with van der Waals surface area (Å²) in [5, 5.41) is 53.1. The predicted octanol–water partition coefficient (Wildman–Crippen LogP) is -7.46. The van der Waals surface area contributed by atoms with E-state index >= 15 is 0 Å². The molecule has 1 aliphatic heterocycles. The van der Waals surface area contributed by atoms with E-state index in [1.165, 1.54) is 15.5 Å². The van der Waals surface area contributed by atoms with Crippen LogP contribution in [-0.2, 0) is 33.6 Å². The lowest BCUT2D eigenvalue weighted by Crippen LogP contribution is -3.26. The molecule has 4 rings (SSSR count). The Morgan fingerprint density at radius 3 is 1.73 bits per heavy atom. The van der Waals surface area contributed by atoms with Crippen LogP contribution in [0.1, 0.15) is 0 Å². The summed E-state index contributed by atoms with van der Waals surface area (Å²) < 4.78 is 5.52. The van der Waals surface area contributed by atoms with Gasteiger partial charge in [0, 0.05) is 17.5 Å². The normalized spacial score (nSPS) is 14.6. The number of hydrogen-bond donors (Lipinski definition) is 7. The first kappa shape index (κ1) is 40.8. The van der Waals surface area contributed by atoms with Crippen molar-refractivity contribution in [3.05, 3.63) is 54.6 Å². The lowest BCUT2D eigenvalue weighted by molar-refractivity contribution is -0.981. The molecular formula is C30H35N5O14. The Hall–Kier alpha value is -6.18. The maximum Gasteiger partial charge on any atom is 0.351 e. The minimum atomic E-state index is -2.07. The van der Waals surface area contributed by atoms with Gasteiger partial charge in [0.05, 0.1) is 32.4 Å². The van der Waals surface area contributed by atoms with Crippen molar-refractivity contribution in [3.8, 4) is 5.75 Å². The quantitative estimate of drug-likeness (QED) is 0.118. The molecule has 0 bridgehead atoms. The smallest absolute Gasteiger partial charge is 0.351 e. The van der Waals surface area contributed by atoms with Gasteiger partial charge in [0.25, 0.3) is 5.91 Å². The zero-order chi connectivity index (χ0) is 37.3. The highest BCUT2D eigenvalue weighted by Gasteiger charge is 2.28. The topological polar surface area (TPSA) is 297 Å². The zero-order valence-electron chi connectivity index (χ0n) is 26.5. The van der Waals surface area contributed by atoms with Crippen LogP contribution < -0.4 is 40.1 Å². The summed E-state index contributed by atoms with van der Waals surface area (Å²) in [6.07, 6.45) is 0. The molecule has 3 aromatic rings. The van der Waals surface area contributed by atoms with E-state index in [1.807, 2.05) is 56.6 Å². The fraction of sp³-hybridized carbons (Fsp3) is 0.267. The minimum Gasteiger partial charge on any atom is -0.539 e. The number of carbonyl (C=O) groups is 7. The van der Waals surface area contributed by atoms with Gasteiger partial charge in [0.2, 0.25) is 5.82 Å². The number of pyridine rings is 1. The van der Waals surface area contributed by atoms with Crippen LogP contribution in [0.5, 0.6) is 5.75 Å². The summed E-state index contributed by atoms with van der Waals surface area (Å²) in [6, 6.07) is 18.1. The molecule has 1 fully saturated rings. The minimum absolute atomic E-state index is 0.0480. The highest BCUT2D eigenvalue weighted by molar-refractivity contribution is 6.27. The maximum absolute atomic E-state index is 12.9. The van der Waals surface area contributed by atoms with E-state index in [4.69, 9.17) is 69.1 Å². The van der Waals surface area contributed by atoms with Crippen LogP contribution >= 0.6 is 0 Å². The molecule has 1 aromatic heterocycles. The number of aliphatic carboxylic acids is 6. The van der Waals surface area contributed by atoms with E-state index in [1.54, 1.807) is 7.11 Å². The van der Waals surface area contributed by atoms with Crippen molar-refractivity contribution in [1.29, 1.82) is 0 Å². The Morgan fingerprint density at radius 1 is 0.796 bits per heavy atom. The standard InChI is InChI=1S/C24H29N5O2.3C2H2O4/c1-27(2)23-16-20(18-8-4-5-9-19(18)25-23)26-24(30)17-28-12-14-29(15-13-28)21-10-6-7-11-22(21)31-3;3*3-1(4)2(5)6/h4-11,16H,12-15,17H2,1-3H3,(H,25,26,30);3*(H,3,4)(H,5,6). The first-order valence-electron chi connectivity index (χ1n) is 14.1. The molecule has 2 heterocycles. The van der Waals surface area contributed by atoms with Crippen molar-refractivity contribution in [3.63, 3.8) is 0 Å². The lowest BCUT2D eigenvalue weighted by atomic mass is 10.1. The second-order valence-corrected chi connectivity index (χ2v) is 10.1. The second-order valence-electron chi connectivity index (χ2n) is 10.1. The van der Waals surface area contributed by atoms with Crippen LogP contribution in [0.25, 0.3) is 10.9 Å². The molecule has 0 aliphatic carbocycles. The number of para-hydroxylation sites is 3. The van der Waals surface area contributed by atoms with Gasteiger partial charge < -0.3 is 60.0 Å². The Labute approximate surface area is 278 Å². The SMILES string of the molecule is COc1ccccc1[NH+]1CC[NH+](CC(=O)Nc2cc([NH+](C)C)nc3ccccc23)CC1.O=C([O-])C(=O)O.O=C([O-])C(=O)O.O=C([O-])C(=O)O. The second kappa shape index (κ2) is 20.1. The number of nitrogens with zero attached hydrogens (tertiary/aromatic N) is 1. The lowest BCUT2D eigenvalue weighted by Gasteiger charge is -2.29. The highest BCUT2D eigenvalue weighted by Crippen LogP contribution is 2.23. The van der Waals surface area contributed by atoms with Gasteiger partial charge in [-0.1, -0.05) is 30.3 Å². The zero-order valence-corrected chi connectivity index (χ0v) is 26.5.